The van der Waals surface area contributed by atoms with Gasteiger partial charge in [0.2, 0.25) is 0 Å². The predicted octanol–water partition coefficient (Wildman–Crippen LogP) is 3.41. The summed E-state index contributed by atoms with van der Waals surface area (Å²) in [6, 6.07) is 0. The molecule has 0 amide bonds. The Kier molecular flexibility index (Phi) is 4.53. The summed E-state index contributed by atoms with van der Waals surface area (Å²) in [5.74, 6) is 1.02. The summed E-state index contributed by atoms with van der Waals surface area (Å²) in [7, 11) is 0. The molecule has 1 rings (SSSR count). The summed E-state index contributed by atoms with van der Waals surface area (Å²) in [4.78, 5) is 11.5. The lowest BCUT2D eigenvalue weighted by molar-refractivity contribution is -0.125. The van der Waals surface area contributed by atoms with Crippen LogP contribution in [0.3, 0.4) is 0 Å². The number of Topliss-reactive ketones (excluding diaryl/α,β-unsaturated/α-hetero) is 1. The van der Waals surface area contributed by atoms with Gasteiger partial charge in [-0.25, -0.2) is 0 Å². The second kappa shape index (κ2) is 5.69. The number of hydrogen-bond donors (Lipinski definition) is 0. The molecule has 0 atom stereocenters. The van der Waals surface area contributed by atoms with E-state index in [2.05, 4.69) is 12.2 Å². The summed E-state index contributed by atoms with van der Waals surface area (Å²) in [5, 5.41) is 0. The van der Waals surface area contributed by atoms with Gasteiger partial charge < -0.3 is 4.74 Å². The Morgan fingerprint density at radius 2 is 2.12 bits per heavy atom. The Morgan fingerprint density at radius 1 is 1.44 bits per heavy atom. The first kappa shape index (κ1) is 12.8. The van der Waals surface area contributed by atoms with Gasteiger partial charge in [-0.2, -0.15) is 0 Å². The van der Waals surface area contributed by atoms with E-state index >= 15 is 0 Å². The van der Waals surface area contributed by atoms with Gasteiger partial charge in [0.25, 0.3) is 0 Å². The van der Waals surface area contributed by atoms with Gasteiger partial charge in [0, 0.05) is 5.92 Å². The van der Waals surface area contributed by atoms with Crippen LogP contribution in [0.1, 0.15) is 34.1 Å². The molecular formula is C14H20O2. The molecule has 0 saturated carbocycles. The van der Waals surface area contributed by atoms with Crippen LogP contribution in [0, 0.1) is 5.92 Å². The first-order valence-electron chi connectivity index (χ1n) is 5.72. The average molecular weight is 220 g/mol. The minimum Gasteiger partial charge on any atom is -0.485 e. The van der Waals surface area contributed by atoms with Crippen LogP contribution in [-0.4, -0.2) is 12.4 Å². The highest BCUT2D eigenvalue weighted by molar-refractivity contribution is 5.81. The third-order valence-corrected chi connectivity index (χ3v) is 2.65. The van der Waals surface area contributed by atoms with E-state index in [0.29, 0.717) is 0 Å². The average Bonchev–Trinajstić information content (AvgIpc) is 2.38. The third-order valence-electron chi connectivity index (χ3n) is 2.65. The smallest absolute Gasteiger partial charge is 0.172 e. The molecule has 0 spiro atoms. The Morgan fingerprint density at radius 3 is 2.75 bits per heavy atom. The zero-order valence-corrected chi connectivity index (χ0v) is 10.5. The van der Waals surface area contributed by atoms with Gasteiger partial charge in [0.15, 0.2) is 5.78 Å². The molecule has 0 bridgehead atoms. The molecule has 2 heteroatoms. The van der Waals surface area contributed by atoms with Crippen LogP contribution in [0.4, 0.5) is 0 Å². The van der Waals surface area contributed by atoms with Gasteiger partial charge in [0.05, 0.1) is 0 Å². The zero-order valence-electron chi connectivity index (χ0n) is 10.5. The molecule has 0 unspecified atom stereocenters. The van der Waals surface area contributed by atoms with Gasteiger partial charge in [-0.05, 0) is 31.4 Å². The highest BCUT2D eigenvalue weighted by Crippen LogP contribution is 2.21. The summed E-state index contributed by atoms with van der Waals surface area (Å²) < 4.78 is 5.62. The molecule has 0 heterocycles. The zero-order chi connectivity index (χ0) is 12.1. The van der Waals surface area contributed by atoms with Crippen molar-refractivity contribution in [2.45, 2.75) is 34.1 Å². The van der Waals surface area contributed by atoms with E-state index in [9.17, 15) is 4.79 Å². The fourth-order valence-electron chi connectivity index (χ4n) is 1.51. The van der Waals surface area contributed by atoms with E-state index in [-0.39, 0.29) is 18.3 Å². The summed E-state index contributed by atoms with van der Waals surface area (Å²) in [5.41, 5.74) is 2.20. The molecule has 0 N–H and O–H groups in total. The number of rotatable bonds is 4. The number of carbonyl (C=O) groups excluding carboxylic acids is 1. The van der Waals surface area contributed by atoms with Crippen LogP contribution < -0.4 is 0 Å². The molecule has 88 valence electrons. The first-order chi connectivity index (χ1) is 7.52. The van der Waals surface area contributed by atoms with Crippen molar-refractivity contribution in [1.29, 1.82) is 0 Å². The van der Waals surface area contributed by atoms with E-state index in [1.807, 2.05) is 33.8 Å². The van der Waals surface area contributed by atoms with Crippen molar-refractivity contribution in [1.82, 2.24) is 0 Å². The summed E-state index contributed by atoms with van der Waals surface area (Å²) >= 11 is 0. The Bertz CT molecular complexity index is 357. The highest BCUT2D eigenvalue weighted by Gasteiger charge is 2.12. The highest BCUT2D eigenvalue weighted by atomic mass is 16.5. The van der Waals surface area contributed by atoms with Crippen molar-refractivity contribution in [2.24, 2.45) is 5.92 Å². The number of allylic oxidation sites excluding steroid dienone is 5. The summed E-state index contributed by atoms with van der Waals surface area (Å²) in [6.07, 6.45) is 7.18. The Balaban J connectivity index is 2.71. The molecule has 1 aliphatic carbocycles. The second-order valence-electron chi connectivity index (χ2n) is 4.45. The minimum atomic E-state index is 0.0338. The van der Waals surface area contributed by atoms with Crippen molar-refractivity contribution in [3.63, 3.8) is 0 Å². The molecule has 0 aromatic carbocycles. The lowest BCUT2D eigenvalue weighted by atomic mass is 10.1. The molecule has 0 radical (unpaired) electrons. The molecule has 0 aromatic rings. The maximum absolute atomic E-state index is 11.5. The van der Waals surface area contributed by atoms with E-state index in [0.717, 1.165) is 23.3 Å². The number of hydrogen-bond acceptors (Lipinski definition) is 2. The molecule has 0 aromatic heterocycles. The van der Waals surface area contributed by atoms with Gasteiger partial charge in [-0.1, -0.05) is 32.1 Å². The molecule has 0 fully saturated rings. The molecule has 16 heavy (non-hydrogen) atoms. The topological polar surface area (TPSA) is 26.3 Å². The molecule has 0 saturated heterocycles. The normalized spacial score (nSPS) is 16.2. The van der Waals surface area contributed by atoms with Crippen molar-refractivity contribution < 1.29 is 9.53 Å². The van der Waals surface area contributed by atoms with Gasteiger partial charge >= 0.3 is 0 Å². The van der Waals surface area contributed by atoms with Gasteiger partial charge in [-0.3, -0.25) is 4.79 Å². The maximum Gasteiger partial charge on any atom is 0.172 e. The fourth-order valence-corrected chi connectivity index (χ4v) is 1.51. The van der Waals surface area contributed by atoms with E-state index in [1.54, 1.807) is 0 Å². The standard InChI is InChI=1S/C14H20O2/c1-10(2)13(15)9-16-14-11(3)7-5-6-8-12(14)4/h5,7-8,10H,6,9H2,1-4H3. The Labute approximate surface area is 97.7 Å². The first-order valence-corrected chi connectivity index (χ1v) is 5.72. The van der Waals surface area contributed by atoms with Crippen molar-refractivity contribution in [2.75, 3.05) is 6.61 Å². The molecule has 0 aliphatic heterocycles. The van der Waals surface area contributed by atoms with Crippen molar-refractivity contribution in [3.8, 4) is 0 Å². The second-order valence-corrected chi connectivity index (χ2v) is 4.45. The monoisotopic (exact) mass is 220 g/mol. The molecule has 2 nitrogen and oxygen atoms in total. The van der Waals surface area contributed by atoms with E-state index in [1.165, 1.54) is 0 Å². The van der Waals surface area contributed by atoms with Crippen LogP contribution in [0.25, 0.3) is 0 Å². The minimum absolute atomic E-state index is 0.0338. The predicted molar refractivity (Wildman–Crippen MR) is 66.0 cm³/mol. The Hall–Kier alpha value is -1.31. The number of carbonyl (C=O) groups is 1. The van der Waals surface area contributed by atoms with Crippen LogP contribution in [0.5, 0.6) is 0 Å². The SMILES string of the molecule is CC1=CCC=CC(C)=C1OCC(=O)C(C)C. The van der Waals surface area contributed by atoms with Crippen molar-refractivity contribution in [3.05, 3.63) is 35.1 Å². The van der Waals surface area contributed by atoms with E-state index < -0.39 is 0 Å². The van der Waals surface area contributed by atoms with Gasteiger partial charge in [0.1, 0.15) is 12.4 Å². The lowest BCUT2D eigenvalue weighted by Crippen LogP contribution is -2.15. The van der Waals surface area contributed by atoms with E-state index in [4.69, 9.17) is 4.74 Å². The fraction of sp³-hybridized carbons (Fsp3) is 0.500. The van der Waals surface area contributed by atoms with Crippen molar-refractivity contribution >= 4 is 5.78 Å². The number of ketones is 1. The van der Waals surface area contributed by atoms with Crippen LogP contribution in [0.2, 0.25) is 0 Å². The quantitative estimate of drug-likeness (QED) is 0.725. The molecular weight excluding hydrogens is 200 g/mol. The number of ether oxygens (including phenoxy) is 1. The third kappa shape index (κ3) is 3.37. The largest absolute Gasteiger partial charge is 0.485 e. The maximum atomic E-state index is 11.5. The molecule has 1 aliphatic rings. The van der Waals surface area contributed by atoms with Crippen LogP contribution in [0.15, 0.2) is 35.1 Å². The summed E-state index contributed by atoms with van der Waals surface area (Å²) in [6.45, 7) is 7.98. The van der Waals surface area contributed by atoms with Gasteiger partial charge in [-0.15, -0.1) is 0 Å². The van der Waals surface area contributed by atoms with Crippen LogP contribution in [-0.2, 0) is 9.53 Å². The van der Waals surface area contributed by atoms with Crippen LogP contribution >= 0.6 is 0 Å². The lowest BCUT2D eigenvalue weighted by Gasteiger charge is -2.13.